The molecular weight excluding hydrogens is 180 g/mol. The van der Waals surface area contributed by atoms with E-state index in [0.29, 0.717) is 5.92 Å². The summed E-state index contributed by atoms with van der Waals surface area (Å²) in [4.78, 5) is 0. The fourth-order valence-electron chi connectivity index (χ4n) is 3.74. The molecule has 0 fully saturated rings. The van der Waals surface area contributed by atoms with E-state index in [1.807, 2.05) is 0 Å². The van der Waals surface area contributed by atoms with E-state index in [0.717, 1.165) is 0 Å². The molecule has 1 spiro atoms. The third-order valence-electron chi connectivity index (χ3n) is 4.81. The molecule has 3 aliphatic rings. The predicted octanol–water partition coefficient (Wildman–Crippen LogP) is 4.03. The van der Waals surface area contributed by atoms with Gasteiger partial charge in [0.05, 0.1) is 0 Å². The average Bonchev–Trinajstić information content (AvgIpc) is 2.53. The molecule has 0 aromatic carbocycles. The molecule has 15 heavy (non-hydrogen) atoms. The fraction of sp³-hybridized carbons (Fsp3) is 0.467. The monoisotopic (exact) mass is 198 g/mol. The molecule has 2 atom stereocenters. The van der Waals surface area contributed by atoms with Crippen molar-refractivity contribution in [1.82, 2.24) is 0 Å². The number of allylic oxidation sites excluding steroid dienone is 8. The third-order valence-corrected chi connectivity index (χ3v) is 4.81. The van der Waals surface area contributed by atoms with Crippen LogP contribution in [0.15, 0.2) is 47.1 Å². The van der Waals surface area contributed by atoms with Gasteiger partial charge in [0.15, 0.2) is 0 Å². The minimum absolute atomic E-state index is 0.251. The van der Waals surface area contributed by atoms with Crippen molar-refractivity contribution < 1.29 is 0 Å². The van der Waals surface area contributed by atoms with Crippen LogP contribution < -0.4 is 0 Å². The van der Waals surface area contributed by atoms with Crippen molar-refractivity contribution in [2.24, 2.45) is 16.7 Å². The van der Waals surface area contributed by atoms with Crippen molar-refractivity contribution >= 4 is 0 Å². The maximum absolute atomic E-state index is 2.44. The largest absolute Gasteiger partial charge is 0.0802 e. The Kier molecular flexibility index (Phi) is 1.46. The second-order valence-corrected chi connectivity index (χ2v) is 5.67. The number of fused-ring (bicyclic) bond motifs is 1. The minimum Gasteiger partial charge on any atom is -0.0802 e. The minimum atomic E-state index is 0.251. The molecule has 0 amide bonds. The summed E-state index contributed by atoms with van der Waals surface area (Å²) in [6.07, 6.45) is 11.8. The Morgan fingerprint density at radius 2 is 1.93 bits per heavy atom. The van der Waals surface area contributed by atoms with E-state index in [-0.39, 0.29) is 10.8 Å². The summed E-state index contributed by atoms with van der Waals surface area (Å²) in [5.74, 6) is 0.610. The molecule has 0 aromatic heterocycles. The predicted molar refractivity (Wildman–Crippen MR) is 64.4 cm³/mol. The summed E-state index contributed by atoms with van der Waals surface area (Å²) >= 11 is 0. The highest BCUT2D eigenvalue weighted by Gasteiger charge is 2.56. The molecule has 0 heteroatoms. The highest BCUT2D eigenvalue weighted by atomic mass is 14.6. The quantitative estimate of drug-likeness (QED) is 0.551. The number of hydrogen-bond acceptors (Lipinski definition) is 0. The van der Waals surface area contributed by atoms with E-state index in [2.05, 4.69) is 58.1 Å². The Morgan fingerprint density at radius 1 is 1.20 bits per heavy atom. The fourth-order valence-corrected chi connectivity index (χ4v) is 3.74. The molecule has 0 radical (unpaired) electrons. The van der Waals surface area contributed by atoms with Gasteiger partial charge in [0.25, 0.3) is 0 Å². The van der Waals surface area contributed by atoms with Crippen LogP contribution in [0.25, 0.3) is 0 Å². The molecule has 0 N–H and O–H groups in total. The number of hydrogen-bond donors (Lipinski definition) is 0. The van der Waals surface area contributed by atoms with Crippen LogP contribution >= 0.6 is 0 Å². The molecule has 0 aromatic rings. The first-order valence-corrected chi connectivity index (χ1v) is 5.81. The van der Waals surface area contributed by atoms with Crippen molar-refractivity contribution in [2.45, 2.75) is 27.7 Å². The van der Waals surface area contributed by atoms with Gasteiger partial charge < -0.3 is 0 Å². The second kappa shape index (κ2) is 2.37. The molecule has 3 rings (SSSR count). The maximum atomic E-state index is 2.44. The van der Waals surface area contributed by atoms with Gasteiger partial charge in [-0.05, 0) is 29.6 Å². The van der Waals surface area contributed by atoms with E-state index in [4.69, 9.17) is 0 Å². The zero-order valence-electron chi connectivity index (χ0n) is 9.96. The molecule has 0 heterocycles. The number of rotatable bonds is 0. The van der Waals surface area contributed by atoms with E-state index >= 15 is 0 Å². The summed E-state index contributed by atoms with van der Waals surface area (Å²) in [7, 11) is 0. The Bertz CT molecular complexity index is 454. The van der Waals surface area contributed by atoms with Crippen LogP contribution in [0.4, 0.5) is 0 Å². The third kappa shape index (κ3) is 0.770. The standard InChI is InChI=1S/C15H18/c1-10-7-8-15-11(2)5-6-12(9-13(10)15)14(15,3)4/h5-9,11H,1-4H3. The van der Waals surface area contributed by atoms with Crippen LogP contribution in [0.5, 0.6) is 0 Å². The highest BCUT2D eigenvalue weighted by Crippen LogP contribution is 2.65. The van der Waals surface area contributed by atoms with Crippen molar-refractivity contribution in [3.05, 3.63) is 47.1 Å². The summed E-state index contributed by atoms with van der Waals surface area (Å²) in [6, 6.07) is 0. The molecular formula is C15H18. The van der Waals surface area contributed by atoms with E-state index in [1.165, 1.54) is 11.1 Å². The van der Waals surface area contributed by atoms with Gasteiger partial charge in [0, 0.05) is 10.8 Å². The van der Waals surface area contributed by atoms with Gasteiger partial charge in [-0.3, -0.25) is 0 Å². The summed E-state index contributed by atoms with van der Waals surface area (Å²) < 4.78 is 0. The lowest BCUT2D eigenvalue weighted by molar-refractivity contribution is 0.179. The van der Waals surface area contributed by atoms with Crippen LogP contribution in [-0.4, -0.2) is 0 Å². The molecule has 78 valence electrons. The molecule has 2 unspecified atom stereocenters. The van der Waals surface area contributed by atoms with Gasteiger partial charge in [-0.1, -0.05) is 51.2 Å². The molecule has 3 aliphatic carbocycles. The zero-order valence-corrected chi connectivity index (χ0v) is 9.96. The van der Waals surface area contributed by atoms with Gasteiger partial charge in [-0.2, -0.15) is 0 Å². The molecule has 0 saturated carbocycles. The summed E-state index contributed by atoms with van der Waals surface area (Å²) in [5.41, 5.74) is 5.03. The van der Waals surface area contributed by atoms with Crippen LogP contribution in [0.1, 0.15) is 27.7 Å². The molecule has 2 bridgehead atoms. The smallest absolute Gasteiger partial charge is 0.0289 e. The maximum Gasteiger partial charge on any atom is 0.0289 e. The Balaban J connectivity index is 2.35. The average molecular weight is 198 g/mol. The molecule has 0 saturated heterocycles. The SMILES string of the molecule is CC1=C2C=C3C=CC(C)C2(C=C1)C3(C)C. The van der Waals surface area contributed by atoms with Gasteiger partial charge >= 0.3 is 0 Å². The lowest BCUT2D eigenvalue weighted by atomic mass is 9.56. The van der Waals surface area contributed by atoms with Gasteiger partial charge in [0.1, 0.15) is 0 Å². The van der Waals surface area contributed by atoms with Gasteiger partial charge in [-0.25, -0.2) is 0 Å². The van der Waals surface area contributed by atoms with Crippen LogP contribution in [0, 0.1) is 16.7 Å². The Labute approximate surface area is 92.1 Å². The first kappa shape index (κ1) is 9.21. The van der Waals surface area contributed by atoms with Gasteiger partial charge in [0.2, 0.25) is 0 Å². The highest BCUT2D eigenvalue weighted by molar-refractivity contribution is 5.61. The van der Waals surface area contributed by atoms with Crippen molar-refractivity contribution in [1.29, 1.82) is 0 Å². The summed E-state index contributed by atoms with van der Waals surface area (Å²) in [6.45, 7) is 9.35. The van der Waals surface area contributed by atoms with Crippen LogP contribution in [-0.2, 0) is 0 Å². The normalized spacial score (nSPS) is 39.7. The van der Waals surface area contributed by atoms with E-state index in [9.17, 15) is 0 Å². The Hall–Kier alpha value is -1.04. The molecule has 0 aliphatic heterocycles. The van der Waals surface area contributed by atoms with E-state index in [1.54, 1.807) is 5.57 Å². The zero-order chi connectivity index (χ0) is 10.8. The van der Waals surface area contributed by atoms with Crippen molar-refractivity contribution in [2.75, 3.05) is 0 Å². The first-order chi connectivity index (χ1) is 7.00. The van der Waals surface area contributed by atoms with Crippen LogP contribution in [0.3, 0.4) is 0 Å². The second-order valence-electron chi connectivity index (χ2n) is 5.67. The Morgan fingerprint density at radius 3 is 2.67 bits per heavy atom. The topological polar surface area (TPSA) is 0 Å². The lowest BCUT2D eigenvalue weighted by Gasteiger charge is -2.46. The lowest BCUT2D eigenvalue weighted by Crippen LogP contribution is -2.40. The van der Waals surface area contributed by atoms with Gasteiger partial charge in [-0.15, -0.1) is 0 Å². The van der Waals surface area contributed by atoms with Crippen molar-refractivity contribution in [3.63, 3.8) is 0 Å². The van der Waals surface area contributed by atoms with Crippen LogP contribution in [0.2, 0.25) is 0 Å². The summed E-state index contributed by atoms with van der Waals surface area (Å²) in [5, 5.41) is 0. The van der Waals surface area contributed by atoms with E-state index < -0.39 is 0 Å². The molecule has 0 nitrogen and oxygen atoms in total. The van der Waals surface area contributed by atoms with Crippen molar-refractivity contribution in [3.8, 4) is 0 Å². The first-order valence-electron chi connectivity index (χ1n) is 5.81.